The molecule has 0 radical (unpaired) electrons. The van der Waals surface area contributed by atoms with Crippen LogP contribution >= 0.6 is 36.4 Å². The Kier molecular flexibility index (Phi) is 6.42. The molecular weight excluding hydrogens is 298 g/mol. The molecule has 1 aromatic carbocycles. The first-order valence-corrected chi connectivity index (χ1v) is 7.00. The number of hydrogen-bond donors (Lipinski definition) is 1. The number of nitrogens with one attached hydrogen (secondary N) is 1. The second-order valence-corrected chi connectivity index (χ2v) is 5.63. The van der Waals surface area contributed by atoms with Crippen LogP contribution in [0.5, 0.6) is 0 Å². The van der Waals surface area contributed by atoms with Gasteiger partial charge in [0.15, 0.2) is 0 Å². The summed E-state index contributed by atoms with van der Waals surface area (Å²) in [5, 5.41) is 5.66. The van der Waals surface area contributed by atoms with E-state index in [1.165, 1.54) is 4.88 Å². The van der Waals surface area contributed by atoms with Crippen molar-refractivity contribution >= 4 is 42.3 Å². The Morgan fingerprint density at radius 3 is 2.58 bits per heavy atom. The quantitative estimate of drug-likeness (QED) is 0.912. The van der Waals surface area contributed by atoms with Crippen molar-refractivity contribution in [3.63, 3.8) is 0 Å². The number of carbonyl (C=O) groups excluding carboxylic acids is 1. The van der Waals surface area contributed by atoms with Crippen LogP contribution in [0.4, 0.5) is 0 Å². The first-order valence-electron chi connectivity index (χ1n) is 5.74. The molecule has 1 atom stereocenters. The minimum Gasteiger partial charge on any atom is -0.349 e. The normalized spacial score (nSPS) is 11.5. The lowest BCUT2D eigenvalue weighted by molar-refractivity contribution is 0.0940. The van der Waals surface area contributed by atoms with Gasteiger partial charge in [-0.25, -0.2) is 0 Å². The van der Waals surface area contributed by atoms with Crippen molar-refractivity contribution < 1.29 is 4.79 Å². The van der Waals surface area contributed by atoms with Crippen molar-refractivity contribution in [3.8, 4) is 0 Å². The number of halogens is 1. The lowest BCUT2D eigenvalue weighted by atomic mass is 10.1. The van der Waals surface area contributed by atoms with E-state index in [1.807, 2.05) is 18.4 Å². The summed E-state index contributed by atoms with van der Waals surface area (Å²) < 4.78 is 0. The summed E-state index contributed by atoms with van der Waals surface area (Å²) in [4.78, 5) is 13.2. The van der Waals surface area contributed by atoms with E-state index in [2.05, 4.69) is 11.4 Å². The maximum Gasteiger partial charge on any atom is 0.251 e. The van der Waals surface area contributed by atoms with Crippen LogP contribution in [0.15, 0.2) is 41.8 Å². The highest BCUT2D eigenvalue weighted by Gasteiger charge is 2.10. The number of amides is 1. The predicted molar refractivity (Wildman–Crippen MR) is 86.8 cm³/mol. The van der Waals surface area contributed by atoms with Crippen LogP contribution in [0.1, 0.15) is 22.2 Å². The first kappa shape index (κ1) is 16.1. The van der Waals surface area contributed by atoms with Crippen LogP contribution in [0, 0.1) is 0 Å². The molecule has 19 heavy (non-hydrogen) atoms. The van der Waals surface area contributed by atoms with Gasteiger partial charge in [-0.3, -0.25) is 4.79 Å². The van der Waals surface area contributed by atoms with Crippen molar-refractivity contribution in [2.24, 2.45) is 0 Å². The number of carbonyl (C=O) groups is 1. The standard InChI is InChI=1S/C14H14ClNOS.H2S/c1-10(9-13-3-2-8-18-13)16-14(17)11-4-6-12(15)7-5-11;/h2-8,10H,9H2,1H3,(H,16,17);1H2/t10-;/m0./s1. The maximum atomic E-state index is 11.9. The zero-order valence-electron chi connectivity index (χ0n) is 10.5. The van der Waals surface area contributed by atoms with Crippen molar-refractivity contribution in [2.75, 3.05) is 0 Å². The zero-order chi connectivity index (χ0) is 13.0. The summed E-state index contributed by atoms with van der Waals surface area (Å²) in [6.07, 6.45) is 0.858. The van der Waals surface area contributed by atoms with Crippen LogP contribution in [-0.4, -0.2) is 11.9 Å². The number of thiophene rings is 1. The summed E-state index contributed by atoms with van der Waals surface area (Å²) in [6, 6.07) is 11.1. The highest BCUT2D eigenvalue weighted by atomic mass is 35.5. The van der Waals surface area contributed by atoms with Gasteiger partial charge in [0, 0.05) is 27.9 Å². The number of benzene rings is 1. The van der Waals surface area contributed by atoms with Crippen LogP contribution in [0.3, 0.4) is 0 Å². The molecule has 1 amide bonds. The Morgan fingerprint density at radius 2 is 2.00 bits per heavy atom. The number of hydrogen-bond acceptors (Lipinski definition) is 2. The molecule has 5 heteroatoms. The lowest BCUT2D eigenvalue weighted by Crippen LogP contribution is -2.33. The minimum atomic E-state index is -0.0595. The summed E-state index contributed by atoms with van der Waals surface area (Å²) >= 11 is 7.49. The highest BCUT2D eigenvalue weighted by Crippen LogP contribution is 2.12. The van der Waals surface area contributed by atoms with Gasteiger partial charge in [0.2, 0.25) is 0 Å². The fourth-order valence-corrected chi connectivity index (χ4v) is 2.65. The van der Waals surface area contributed by atoms with E-state index >= 15 is 0 Å². The SMILES string of the molecule is C[C@@H](Cc1cccs1)NC(=O)c1ccc(Cl)cc1.S. The molecule has 0 spiro atoms. The third-order valence-corrected chi connectivity index (χ3v) is 3.72. The fourth-order valence-electron chi connectivity index (χ4n) is 1.69. The lowest BCUT2D eigenvalue weighted by Gasteiger charge is -2.12. The van der Waals surface area contributed by atoms with E-state index < -0.39 is 0 Å². The molecule has 0 aliphatic heterocycles. The van der Waals surface area contributed by atoms with Crippen molar-refractivity contribution in [1.29, 1.82) is 0 Å². The molecule has 102 valence electrons. The molecule has 0 fully saturated rings. The maximum absolute atomic E-state index is 11.9. The largest absolute Gasteiger partial charge is 0.349 e. The second kappa shape index (κ2) is 7.58. The molecule has 1 N–H and O–H groups in total. The van der Waals surface area contributed by atoms with E-state index in [0.717, 1.165) is 6.42 Å². The summed E-state index contributed by atoms with van der Waals surface area (Å²) in [7, 11) is 0. The summed E-state index contributed by atoms with van der Waals surface area (Å²) in [6.45, 7) is 2.01. The molecule has 0 bridgehead atoms. The molecule has 2 nitrogen and oxygen atoms in total. The summed E-state index contributed by atoms with van der Waals surface area (Å²) in [5.41, 5.74) is 0.637. The molecule has 0 aliphatic rings. The third-order valence-electron chi connectivity index (χ3n) is 2.57. The van der Waals surface area contributed by atoms with Crippen LogP contribution in [-0.2, 0) is 6.42 Å². The average molecular weight is 314 g/mol. The van der Waals surface area contributed by atoms with Crippen molar-refractivity contribution in [3.05, 3.63) is 57.2 Å². The molecule has 2 aromatic rings. The Labute approximate surface area is 129 Å². The van der Waals surface area contributed by atoms with Gasteiger partial charge in [0.05, 0.1) is 0 Å². The average Bonchev–Trinajstić information content (AvgIpc) is 2.82. The Balaban J connectivity index is 0.00000180. The highest BCUT2D eigenvalue weighted by molar-refractivity contribution is 7.59. The Morgan fingerprint density at radius 1 is 1.32 bits per heavy atom. The predicted octanol–water partition coefficient (Wildman–Crippen LogP) is 3.88. The van der Waals surface area contributed by atoms with Crippen molar-refractivity contribution in [2.45, 2.75) is 19.4 Å². The van der Waals surface area contributed by atoms with Gasteiger partial charge in [-0.2, -0.15) is 13.5 Å². The van der Waals surface area contributed by atoms with E-state index in [0.29, 0.717) is 10.6 Å². The smallest absolute Gasteiger partial charge is 0.251 e. The number of rotatable bonds is 4. The van der Waals surface area contributed by atoms with Gasteiger partial charge in [0.25, 0.3) is 5.91 Å². The third kappa shape index (κ3) is 4.90. The van der Waals surface area contributed by atoms with E-state index in [4.69, 9.17) is 11.6 Å². The first-order chi connectivity index (χ1) is 8.65. The zero-order valence-corrected chi connectivity index (χ0v) is 13.1. The van der Waals surface area contributed by atoms with Gasteiger partial charge in [0.1, 0.15) is 0 Å². The molecule has 1 heterocycles. The second-order valence-electron chi connectivity index (χ2n) is 4.16. The topological polar surface area (TPSA) is 29.1 Å². The van der Waals surface area contributed by atoms with E-state index in [1.54, 1.807) is 35.6 Å². The van der Waals surface area contributed by atoms with Gasteiger partial charge in [-0.15, -0.1) is 11.3 Å². The van der Waals surface area contributed by atoms with Crippen LogP contribution < -0.4 is 5.32 Å². The minimum absolute atomic E-state index is 0. The molecule has 1 aromatic heterocycles. The van der Waals surface area contributed by atoms with Gasteiger partial charge in [-0.1, -0.05) is 17.7 Å². The van der Waals surface area contributed by atoms with Gasteiger partial charge in [-0.05, 0) is 42.6 Å². The van der Waals surface area contributed by atoms with Gasteiger partial charge >= 0.3 is 0 Å². The summed E-state index contributed by atoms with van der Waals surface area (Å²) in [5.74, 6) is -0.0595. The van der Waals surface area contributed by atoms with Crippen molar-refractivity contribution in [1.82, 2.24) is 5.32 Å². The van der Waals surface area contributed by atoms with Crippen LogP contribution in [0.2, 0.25) is 5.02 Å². The van der Waals surface area contributed by atoms with E-state index in [9.17, 15) is 4.79 Å². The molecular formula is C14H16ClNOS2. The van der Waals surface area contributed by atoms with Gasteiger partial charge < -0.3 is 5.32 Å². The molecule has 0 saturated carbocycles. The van der Waals surface area contributed by atoms with E-state index in [-0.39, 0.29) is 25.4 Å². The Bertz CT molecular complexity index is 511. The molecule has 0 unspecified atom stereocenters. The monoisotopic (exact) mass is 313 g/mol. The fraction of sp³-hybridized carbons (Fsp3) is 0.214. The van der Waals surface area contributed by atoms with Crippen LogP contribution in [0.25, 0.3) is 0 Å². The molecule has 2 rings (SSSR count). The Hall–Kier alpha value is -0.970. The molecule has 0 aliphatic carbocycles. The molecule has 0 saturated heterocycles.